The first-order valence-electron chi connectivity index (χ1n) is 4.36. The van der Waals surface area contributed by atoms with Gasteiger partial charge in [0.05, 0.1) is 0 Å². The lowest BCUT2D eigenvalue weighted by Gasteiger charge is -2.14. The van der Waals surface area contributed by atoms with E-state index in [9.17, 15) is 22.4 Å². The molecule has 0 saturated heterocycles. The largest absolute Gasteiger partial charge is 0.383 e. The van der Waals surface area contributed by atoms with Crippen LogP contribution in [0.1, 0.15) is 19.8 Å². The minimum absolute atomic E-state index is 0.160. The summed E-state index contributed by atoms with van der Waals surface area (Å²) >= 11 is 0. The molecular formula is C8H11F4NO. The zero-order valence-electron chi connectivity index (χ0n) is 7.57. The van der Waals surface area contributed by atoms with Crippen LogP contribution in [0.25, 0.3) is 0 Å². The van der Waals surface area contributed by atoms with Gasteiger partial charge in [0.25, 0.3) is 5.91 Å². The molecule has 1 amide bonds. The van der Waals surface area contributed by atoms with Gasteiger partial charge in [0.1, 0.15) is 0 Å². The maximum absolute atomic E-state index is 12.4. The van der Waals surface area contributed by atoms with E-state index in [0.717, 1.165) is 6.42 Å². The molecule has 82 valence electrons. The molecule has 0 heterocycles. The number of hydrogen-bond donors (Lipinski definition) is 1. The van der Waals surface area contributed by atoms with Crippen LogP contribution in [0.15, 0.2) is 0 Å². The van der Waals surface area contributed by atoms with Gasteiger partial charge in [-0.3, -0.25) is 4.79 Å². The number of carbonyl (C=O) groups excluding carboxylic acids is 1. The van der Waals surface area contributed by atoms with E-state index in [4.69, 9.17) is 0 Å². The van der Waals surface area contributed by atoms with E-state index in [1.165, 1.54) is 0 Å². The Morgan fingerprint density at radius 2 is 2.14 bits per heavy atom. The molecule has 2 atom stereocenters. The maximum Gasteiger partial charge on any atom is 0.383 e. The van der Waals surface area contributed by atoms with Crippen LogP contribution in [-0.4, -0.2) is 24.3 Å². The number of halogens is 4. The highest BCUT2D eigenvalue weighted by molar-refractivity contribution is 5.84. The SMILES string of the molecule is CCC1CC1NC(=O)C(F)(F)C(F)F. The second kappa shape index (κ2) is 3.74. The summed E-state index contributed by atoms with van der Waals surface area (Å²) in [6.45, 7) is 1.85. The van der Waals surface area contributed by atoms with Gasteiger partial charge in [-0.15, -0.1) is 0 Å². The Kier molecular flexibility index (Phi) is 3.01. The molecule has 0 aromatic rings. The van der Waals surface area contributed by atoms with E-state index >= 15 is 0 Å². The third-order valence-electron chi connectivity index (χ3n) is 2.34. The smallest absolute Gasteiger partial charge is 0.348 e. The maximum atomic E-state index is 12.4. The summed E-state index contributed by atoms with van der Waals surface area (Å²) in [5, 5.41) is 1.91. The van der Waals surface area contributed by atoms with Crippen LogP contribution in [0.2, 0.25) is 0 Å². The van der Waals surface area contributed by atoms with Gasteiger partial charge in [0.15, 0.2) is 0 Å². The van der Waals surface area contributed by atoms with Crippen molar-refractivity contribution in [3.63, 3.8) is 0 Å². The molecule has 0 spiro atoms. The molecule has 1 aliphatic carbocycles. The summed E-state index contributed by atoms with van der Waals surface area (Å²) in [7, 11) is 0. The number of rotatable bonds is 4. The molecule has 1 rings (SSSR count). The first kappa shape index (κ1) is 11.3. The van der Waals surface area contributed by atoms with Crippen LogP contribution in [-0.2, 0) is 4.79 Å². The average molecular weight is 213 g/mol. The van der Waals surface area contributed by atoms with Gasteiger partial charge in [-0.05, 0) is 12.3 Å². The van der Waals surface area contributed by atoms with Crippen molar-refractivity contribution in [2.24, 2.45) is 5.92 Å². The summed E-state index contributed by atoms with van der Waals surface area (Å²) < 4.78 is 48.2. The minimum atomic E-state index is -4.57. The summed E-state index contributed by atoms with van der Waals surface area (Å²) in [5.41, 5.74) is 0. The number of hydrogen-bond acceptors (Lipinski definition) is 1. The minimum Gasteiger partial charge on any atom is -0.348 e. The molecule has 6 heteroatoms. The second-order valence-corrected chi connectivity index (χ2v) is 3.41. The van der Waals surface area contributed by atoms with E-state index in [1.807, 2.05) is 12.2 Å². The molecule has 1 aliphatic rings. The third kappa shape index (κ3) is 2.16. The lowest BCUT2D eigenvalue weighted by Crippen LogP contribution is -2.46. The fourth-order valence-corrected chi connectivity index (χ4v) is 1.24. The van der Waals surface area contributed by atoms with Crippen molar-refractivity contribution >= 4 is 5.91 Å². The number of alkyl halides is 4. The lowest BCUT2D eigenvalue weighted by atomic mass is 10.3. The third-order valence-corrected chi connectivity index (χ3v) is 2.34. The topological polar surface area (TPSA) is 29.1 Å². The molecule has 0 aromatic carbocycles. The molecule has 0 radical (unpaired) electrons. The van der Waals surface area contributed by atoms with Gasteiger partial charge >= 0.3 is 12.3 Å². The Labute approximate surface area is 78.7 Å². The highest BCUT2D eigenvalue weighted by atomic mass is 19.3. The van der Waals surface area contributed by atoms with Gasteiger partial charge in [0, 0.05) is 6.04 Å². The van der Waals surface area contributed by atoms with Gasteiger partial charge in [0.2, 0.25) is 0 Å². The molecule has 1 saturated carbocycles. The average Bonchev–Trinajstić information content (AvgIpc) is 2.82. The predicted octanol–water partition coefficient (Wildman–Crippen LogP) is 1.80. The standard InChI is InChI=1S/C8H11F4NO/c1-2-4-3-5(4)13-7(14)8(11,12)6(9)10/h4-6H,2-3H2,1H3,(H,13,14). The molecule has 2 nitrogen and oxygen atoms in total. The van der Waals surface area contributed by atoms with Gasteiger partial charge < -0.3 is 5.32 Å². The van der Waals surface area contributed by atoms with Crippen LogP contribution >= 0.6 is 0 Å². The Hall–Kier alpha value is -0.810. The quantitative estimate of drug-likeness (QED) is 0.709. The second-order valence-electron chi connectivity index (χ2n) is 3.41. The van der Waals surface area contributed by atoms with Crippen LogP contribution < -0.4 is 5.32 Å². The fourth-order valence-electron chi connectivity index (χ4n) is 1.24. The van der Waals surface area contributed by atoms with Crippen LogP contribution in [0.5, 0.6) is 0 Å². The first-order chi connectivity index (χ1) is 6.39. The van der Waals surface area contributed by atoms with Gasteiger partial charge in [-0.25, -0.2) is 8.78 Å². The van der Waals surface area contributed by atoms with Crippen LogP contribution in [0.3, 0.4) is 0 Å². The highest BCUT2D eigenvalue weighted by Crippen LogP contribution is 2.34. The van der Waals surface area contributed by atoms with Gasteiger partial charge in [-0.2, -0.15) is 8.78 Å². The summed E-state index contributed by atoms with van der Waals surface area (Å²) in [6, 6.07) is -0.350. The molecular weight excluding hydrogens is 202 g/mol. The zero-order valence-corrected chi connectivity index (χ0v) is 7.57. The summed E-state index contributed by atoms with van der Waals surface area (Å²) in [6.07, 6.45) is -2.59. The molecule has 14 heavy (non-hydrogen) atoms. The van der Waals surface area contributed by atoms with Crippen molar-refractivity contribution in [2.45, 2.75) is 38.2 Å². The normalized spacial score (nSPS) is 26.4. The Morgan fingerprint density at radius 3 is 2.50 bits per heavy atom. The monoisotopic (exact) mass is 213 g/mol. The van der Waals surface area contributed by atoms with Crippen LogP contribution in [0.4, 0.5) is 17.6 Å². The number of carbonyl (C=O) groups is 1. The highest BCUT2D eigenvalue weighted by Gasteiger charge is 2.51. The van der Waals surface area contributed by atoms with E-state index in [1.54, 1.807) is 0 Å². The Bertz CT molecular complexity index is 231. The van der Waals surface area contributed by atoms with Gasteiger partial charge in [-0.1, -0.05) is 13.3 Å². The van der Waals surface area contributed by atoms with Crippen molar-refractivity contribution < 1.29 is 22.4 Å². The number of nitrogens with one attached hydrogen (secondary N) is 1. The van der Waals surface area contributed by atoms with Crippen molar-refractivity contribution in [1.82, 2.24) is 5.32 Å². The summed E-state index contributed by atoms with van der Waals surface area (Å²) in [4.78, 5) is 10.7. The molecule has 0 aromatic heterocycles. The molecule has 2 unspecified atom stereocenters. The van der Waals surface area contributed by atoms with Crippen molar-refractivity contribution in [3.05, 3.63) is 0 Å². The summed E-state index contributed by atoms with van der Waals surface area (Å²) in [5.74, 6) is -6.28. The van der Waals surface area contributed by atoms with Crippen LogP contribution in [0, 0.1) is 5.92 Å². The first-order valence-corrected chi connectivity index (χ1v) is 4.36. The van der Waals surface area contributed by atoms with E-state index in [0.29, 0.717) is 6.42 Å². The van der Waals surface area contributed by atoms with Crippen molar-refractivity contribution in [2.75, 3.05) is 0 Å². The Morgan fingerprint density at radius 1 is 1.57 bits per heavy atom. The predicted molar refractivity (Wildman–Crippen MR) is 41.3 cm³/mol. The zero-order chi connectivity index (χ0) is 10.9. The Balaban J connectivity index is 2.43. The molecule has 0 bridgehead atoms. The number of amides is 1. The molecule has 1 N–H and O–H groups in total. The fraction of sp³-hybridized carbons (Fsp3) is 0.875. The van der Waals surface area contributed by atoms with E-state index < -0.39 is 18.3 Å². The molecule has 1 fully saturated rings. The van der Waals surface area contributed by atoms with Crippen molar-refractivity contribution in [1.29, 1.82) is 0 Å². The van der Waals surface area contributed by atoms with E-state index in [-0.39, 0.29) is 12.0 Å². The molecule has 0 aliphatic heterocycles. The van der Waals surface area contributed by atoms with E-state index in [2.05, 4.69) is 0 Å². The van der Waals surface area contributed by atoms with Crippen molar-refractivity contribution in [3.8, 4) is 0 Å². The lowest BCUT2D eigenvalue weighted by molar-refractivity contribution is -0.169.